The Balaban J connectivity index is 1.74. The molecule has 2 aromatic rings. The predicted octanol–water partition coefficient (Wildman–Crippen LogP) is 4.40. The summed E-state index contributed by atoms with van der Waals surface area (Å²) in [4.78, 5) is 11.9. The van der Waals surface area contributed by atoms with E-state index in [4.69, 9.17) is 9.47 Å². The molecule has 0 aliphatic carbocycles. The first-order valence-corrected chi connectivity index (χ1v) is 9.34. The molecule has 0 atom stereocenters. The summed E-state index contributed by atoms with van der Waals surface area (Å²) < 4.78 is 11.2. The molecule has 0 saturated heterocycles. The minimum Gasteiger partial charge on any atom is -0.494 e. The number of benzene rings is 2. The van der Waals surface area contributed by atoms with Gasteiger partial charge in [0, 0.05) is 0 Å². The Labute approximate surface area is 161 Å². The summed E-state index contributed by atoms with van der Waals surface area (Å²) in [6.07, 6.45) is 5.02. The Hall–Kier alpha value is -2.82. The van der Waals surface area contributed by atoms with Gasteiger partial charge in [0.25, 0.3) is 5.91 Å². The van der Waals surface area contributed by atoms with Gasteiger partial charge in [-0.3, -0.25) is 4.79 Å². The molecule has 5 nitrogen and oxygen atoms in total. The summed E-state index contributed by atoms with van der Waals surface area (Å²) >= 11 is 0. The summed E-state index contributed by atoms with van der Waals surface area (Å²) in [6, 6.07) is 13.4. The molecule has 1 N–H and O–H groups in total. The molecule has 1 amide bonds. The number of ether oxygens (including phenoxy) is 2. The van der Waals surface area contributed by atoms with Crippen molar-refractivity contribution in [2.24, 2.45) is 5.10 Å². The van der Waals surface area contributed by atoms with Crippen molar-refractivity contribution in [1.82, 2.24) is 5.43 Å². The van der Waals surface area contributed by atoms with Crippen LogP contribution in [0, 0.1) is 13.8 Å². The van der Waals surface area contributed by atoms with E-state index in [2.05, 4.69) is 17.5 Å². The maximum Gasteiger partial charge on any atom is 0.277 e. The lowest BCUT2D eigenvalue weighted by molar-refractivity contribution is -0.123. The van der Waals surface area contributed by atoms with Crippen LogP contribution in [0.25, 0.3) is 0 Å². The Morgan fingerprint density at radius 1 is 1.07 bits per heavy atom. The molecule has 0 aliphatic heterocycles. The molecule has 0 radical (unpaired) electrons. The number of nitrogens with one attached hydrogen (secondary N) is 1. The number of nitrogens with zero attached hydrogens (tertiary/aromatic N) is 1. The molecular weight excluding hydrogens is 340 g/mol. The lowest BCUT2D eigenvalue weighted by atomic mass is 10.1. The summed E-state index contributed by atoms with van der Waals surface area (Å²) in [6.45, 7) is 6.80. The molecule has 5 heteroatoms. The average Bonchev–Trinajstić information content (AvgIpc) is 2.67. The molecule has 0 bridgehead atoms. The number of carbonyl (C=O) groups excluding carboxylic acids is 1. The maximum absolute atomic E-state index is 11.9. The number of rotatable bonds is 10. The Morgan fingerprint density at radius 2 is 1.85 bits per heavy atom. The lowest BCUT2D eigenvalue weighted by Crippen LogP contribution is -2.24. The van der Waals surface area contributed by atoms with Gasteiger partial charge in [-0.15, -0.1) is 0 Å². The first kappa shape index (κ1) is 20.5. The zero-order valence-electron chi connectivity index (χ0n) is 16.3. The third-order valence-corrected chi connectivity index (χ3v) is 4.21. The van der Waals surface area contributed by atoms with Crippen molar-refractivity contribution >= 4 is 12.1 Å². The van der Waals surface area contributed by atoms with Crippen molar-refractivity contribution in [2.75, 3.05) is 13.2 Å². The van der Waals surface area contributed by atoms with Crippen molar-refractivity contribution in [2.45, 2.75) is 40.0 Å². The van der Waals surface area contributed by atoms with E-state index < -0.39 is 0 Å². The molecular formula is C22H28N2O3. The zero-order valence-corrected chi connectivity index (χ0v) is 16.3. The molecule has 0 fully saturated rings. The van der Waals surface area contributed by atoms with Crippen LogP contribution in [0.2, 0.25) is 0 Å². The predicted molar refractivity (Wildman–Crippen MR) is 109 cm³/mol. The van der Waals surface area contributed by atoms with Crippen LogP contribution in [0.1, 0.15) is 42.9 Å². The van der Waals surface area contributed by atoms with Gasteiger partial charge < -0.3 is 9.47 Å². The number of amides is 1. The third kappa shape index (κ3) is 7.13. The van der Waals surface area contributed by atoms with Gasteiger partial charge in [0.05, 0.1) is 12.8 Å². The van der Waals surface area contributed by atoms with E-state index in [0.29, 0.717) is 5.75 Å². The molecule has 27 heavy (non-hydrogen) atoms. The molecule has 0 aromatic heterocycles. The molecule has 2 rings (SSSR count). The minimum absolute atomic E-state index is 0.0772. The van der Waals surface area contributed by atoms with E-state index in [-0.39, 0.29) is 12.5 Å². The highest BCUT2D eigenvalue weighted by Crippen LogP contribution is 2.20. The topological polar surface area (TPSA) is 59.9 Å². The van der Waals surface area contributed by atoms with Gasteiger partial charge in [-0.1, -0.05) is 31.9 Å². The van der Waals surface area contributed by atoms with Gasteiger partial charge in [-0.05, 0) is 67.3 Å². The molecule has 0 spiro atoms. The highest BCUT2D eigenvalue weighted by atomic mass is 16.5. The molecule has 0 heterocycles. The van der Waals surface area contributed by atoms with Crippen LogP contribution < -0.4 is 14.9 Å². The van der Waals surface area contributed by atoms with E-state index >= 15 is 0 Å². The van der Waals surface area contributed by atoms with Gasteiger partial charge in [-0.25, -0.2) is 5.43 Å². The van der Waals surface area contributed by atoms with Crippen molar-refractivity contribution in [3.05, 3.63) is 59.2 Å². The van der Waals surface area contributed by atoms with Crippen molar-refractivity contribution in [3.8, 4) is 11.5 Å². The summed E-state index contributed by atoms with van der Waals surface area (Å²) in [5.74, 6) is 1.25. The van der Waals surface area contributed by atoms with Crippen LogP contribution in [0.5, 0.6) is 11.5 Å². The molecule has 0 aliphatic rings. The molecule has 0 unspecified atom stereocenters. The minimum atomic E-state index is -0.303. The molecule has 144 valence electrons. The highest BCUT2D eigenvalue weighted by molar-refractivity contribution is 5.83. The largest absolute Gasteiger partial charge is 0.494 e. The second-order valence-electron chi connectivity index (χ2n) is 6.40. The fourth-order valence-electron chi connectivity index (χ4n) is 2.43. The van der Waals surface area contributed by atoms with E-state index in [1.165, 1.54) is 12.8 Å². The van der Waals surface area contributed by atoms with Gasteiger partial charge >= 0.3 is 0 Å². The van der Waals surface area contributed by atoms with Gasteiger partial charge in [0.15, 0.2) is 6.61 Å². The normalized spacial score (nSPS) is 10.8. The van der Waals surface area contributed by atoms with Crippen LogP contribution in [-0.4, -0.2) is 25.3 Å². The molecule has 2 aromatic carbocycles. The van der Waals surface area contributed by atoms with Crippen LogP contribution in [-0.2, 0) is 4.79 Å². The number of aryl methyl sites for hydroxylation is 1. The van der Waals surface area contributed by atoms with Crippen molar-refractivity contribution in [3.63, 3.8) is 0 Å². The standard InChI is InChI=1S/C22H28N2O3/c1-4-5-6-14-26-20-12-10-19(11-13-20)15-23-24-22(25)16-27-21-9-7-8-17(2)18(21)3/h7-13,15H,4-6,14,16H2,1-3H3,(H,24,25)/b23-15-. The second kappa shape index (κ2) is 11.0. The smallest absolute Gasteiger partial charge is 0.277 e. The van der Waals surface area contributed by atoms with E-state index in [1.807, 2.05) is 56.3 Å². The number of unbranched alkanes of at least 4 members (excludes halogenated alkanes) is 2. The Kier molecular flexibility index (Phi) is 8.36. The highest BCUT2D eigenvalue weighted by Gasteiger charge is 2.05. The average molecular weight is 368 g/mol. The summed E-state index contributed by atoms with van der Waals surface area (Å²) in [5.41, 5.74) is 5.52. The van der Waals surface area contributed by atoms with Crippen molar-refractivity contribution < 1.29 is 14.3 Å². The Bertz CT molecular complexity index is 755. The number of carbonyl (C=O) groups is 1. The first-order valence-electron chi connectivity index (χ1n) is 9.34. The van der Waals surface area contributed by atoms with E-state index in [1.54, 1.807) is 6.21 Å². The quantitative estimate of drug-likeness (QED) is 0.384. The molecule has 0 saturated carbocycles. The Morgan fingerprint density at radius 3 is 2.59 bits per heavy atom. The van der Waals surface area contributed by atoms with Crippen LogP contribution in [0.3, 0.4) is 0 Å². The SMILES string of the molecule is CCCCCOc1ccc(/C=N\NC(=O)COc2cccc(C)c2C)cc1. The summed E-state index contributed by atoms with van der Waals surface area (Å²) in [5, 5.41) is 3.96. The van der Waals surface area contributed by atoms with E-state index in [0.717, 1.165) is 35.5 Å². The fraction of sp³-hybridized carbons (Fsp3) is 0.364. The number of hydrazone groups is 1. The van der Waals surface area contributed by atoms with Crippen LogP contribution in [0.4, 0.5) is 0 Å². The van der Waals surface area contributed by atoms with Crippen LogP contribution >= 0.6 is 0 Å². The maximum atomic E-state index is 11.9. The van der Waals surface area contributed by atoms with Crippen LogP contribution in [0.15, 0.2) is 47.6 Å². The van der Waals surface area contributed by atoms with E-state index in [9.17, 15) is 4.79 Å². The van der Waals surface area contributed by atoms with Crippen molar-refractivity contribution in [1.29, 1.82) is 0 Å². The van der Waals surface area contributed by atoms with Gasteiger partial charge in [0.2, 0.25) is 0 Å². The fourth-order valence-corrected chi connectivity index (χ4v) is 2.43. The number of hydrogen-bond donors (Lipinski definition) is 1. The monoisotopic (exact) mass is 368 g/mol. The second-order valence-corrected chi connectivity index (χ2v) is 6.40. The van der Waals surface area contributed by atoms with Gasteiger partial charge in [0.1, 0.15) is 11.5 Å². The van der Waals surface area contributed by atoms with Gasteiger partial charge in [-0.2, -0.15) is 5.10 Å². The summed E-state index contributed by atoms with van der Waals surface area (Å²) in [7, 11) is 0. The number of hydrogen-bond acceptors (Lipinski definition) is 4. The lowest BCUT2D eigenvalue weighted by Gasteiger charge is -2.09. The third-order valence-electron chi connectivity index (χ3n) is 4.21. The zero-order chi connectivity index (χ0) is 19.5. The first-order chi connectivity index (χ1) is 13.1.